The van der Waals surface area contributed by atoms with Crippen LogP contribution >= 0.6 is 11.8 Å². The number of nitrogens with zero attached hydrogens (tertiary/aromatic N) is 1. The third-order valence-electron chi connectivity index (χ3n) is 2.96. The first-order valence-electron chi connectivity index (χ1n) is 5.84. The second kappa shape index (κ2) is 6.04. The molecule has 3 heteroatoms. The number of pyridine rings is 1. The maximum atomic E-state index is 11.8. The fraction of sp³-hybridized carbons (Fsp3) is 0.538. The van der Waals surface area contributed by atoms with E-state index in [1.807, 2.05) is 30.0 Å². The van der Waals surface area contributed by atoms with Crippen LogP contribution in [-0.4, -0.2) is 22.3 Å². The van der Waals surface area contributed by atoms with Crippen molar-refractivity contribution in [2.24, 2.45) is 5.92 Å². The van der Waals surface area contributed by atoms with Gasteiger partial charge in [-0.25, -0.2) is 0 Å². The molecule has 0 unspecified atom stereocenters. The zero-order valence-electron chi connectivity index (χ0n) is 9.39. The fourth-order valence-electron chi connectivity index (χ4n) is 2.05. The van der Waals surface area contributed by atoms with E-state index in [4.69, 9.17) is 0 Å². The summed E-state index contributed by atoms with van der Waals surface area (Å²) in [5, 5.41) is 0. The van der Waals surface area contributed by atoms with E-state index in [0.717, 1.165) is 12.1 Å². The average molecular weight is 235 g/mol. The second-order valence-electron chi connectivity index (χ2n) is 4.30. The first-order valence-corrected chi connectivity index (χ1v) is 6.99. The van der Waals surface area contributed by atoms with Crippen LogP contribution in [0.15, 0.2) is 24.4 Å². The molecule has 0 aliphatic carbocycles. The van der Waals surface area contributed by atoms with Gasteiger partial charge in [0.25, 0.3) is 0 Å². The van der Waals surface area contributed by atoms with Gasteiger partial charge in [0.15, 0.2) is 0 Å². The number of hydrogen-bond donors (Lipinski definition) is 0. The molecule has 0 spiro atoms. The van der Waals surface area contributed by atoms with Gasteiger partial charge in [-0.05, 0) is 42.4 Å². The monoisotopic (exact) mass is 235 g/mol. The molecule has 16 heavy (non-hydrogen) atoms. The van der Waals surface area contributed by atoms with Gasteiger partial charge in [-0.2, -0.15) is 11.8 Å². The molecule has 2 nitrogen and oxygen atoms in total. The van der Waals surface area contributed by atoms with Gasteiger partial charge in [0.1, 0.15) is 5.78 Å². The van der Waals surface area contributed by atoms with E-state index in [2.05, 4.69) is 4.98 Å². The summed E-state index contributed by atoms with van der Waals surface area (Å²) < 4.78 is 0. The molecular formula is C13H17NOS. The molecule has 0 atom stereocenters. The molecule has 0 bridgehead atoms. The Bertz CT molecular complexity index is 333. The molecule has 0 aromatic carbocycles. The number of rotatable bonds is 4. The summed E-state index contributed by atoms with van der Waals surface area (Å²) in [5.74, 6) is 3.41. The predicted molar refractivity (Wildman–Crippen MR) is 67.6 cm³/mol. The topological polar surface area (TPSA) is 30.0 Å². The third kappa shape index (κ3) is 3.63. The lowest BCUT2D eigenvalue weighted by atomic mass is 9.95. The summed E-state index contributed by atoms with van der Waals surface area (Å²) in [6, 6.07) is 5.74. The SMILES string of the molecule is O=C(Cc1ccccn1)CC1CCSCC1. The highest BCUT2D eigenvalue weighted by molar-refractivity contribution is 7.99. The molecule has 0 saturated carbocycles. The Labute approximate surface area is 101 Å². The molecular weight excluding hydrogens is 218 g/mol. The van der Waals surface area contributed by atoms with Gasteiger partial charge in [0.05, 0.1) is 0 Å². The smallest absolute Gasteiger partial charge is 0.139 e. The quantitative estimate of drug-likeness (QED) is 0.803. The summed E-state index contributed by atoms with van der Waals surface area (Å²) in [6.45, 7) is 0. The maximum absolute atomic E-state index is 11.8. The van der Waals surface area contributed by atoms with Crippen LogP contribution in [0.3, 0.4) is 0 Å². The number of hydrogen-bond acceptors (Lipinski definition) is 3. The Hall–Kier alpha value is -0.830. The van der Waals surface area contributed by atoms with E-state index in [1.54, 1.807) is 6.20 Å². The minimum atomic E-state index is 0.343. The number of Topliss-reactive ketones (excluding diaryl/α,β-unsaturated/α-hetero) is 1. The van der Waals surface area contributed by atoms with Gasteiger partial charge < -0.3 is 0 Å². The van der Waals surface area contributed by atoms with Gasteiger partial charge in [-0.1, -0.05) is 6.07 Å². The first-order chi connectivity index (χ1) is 7.84. The maximum Gasteiger partial charge on any atom is 0.139 e. The highest BCUT2D eigenvalue weighted by Crippen LogP contribution is 2.25. The van der Waals surface area contributed by atoms with Gasteiger partial charge in [0.2, 0.25) is 0 Å². The Kier molecular flexibility index (Phi) is 4.40. The molecule has 1 fully saturated rings. The minimum Gasteiger partial charge on any atom is -0.299 e. The van der Waals surface area contributed by atoms with Gasteiger partial charge in [-0.3, -0.25) is 9.78 Å². The van der Waals surface area contributed by atoms with Gasteiger partial charge >= 0.3 is 0 Å². The second-order valence-corrected chi connectivity index (χ2v) is 5.52. The molecule has 1 aromatic heterocycles. The highest BCUT2D eigenvalue weighted by atomic mass is 32.2. The first kappa shape index (κ1) is 11.6. The van der Waals surface area contributed by atoms with E-state index >= 15 is 0 Å². The lowest BCUT2D eigenvalue weighted by Crippen LogP contribution is -2.15. The molecule has 2 rings (SSSR count). The van der Waals surface area contributed by atoms with Crippen LogP contribution in [0.4, 0.5) is 0 Å². The molecule has 86 valence electrons. The van der Waals surface area contributed by atoms with E-state index in [1.165, 1.54) is 24.3 Å². The molecule has 1 aliphatic heterocycles. The minimum absolute atomic E-state index is 0.343. The zero-order valence-corrected chi connectivity index (χ0v) is 10.2. The van der Waals surface area contributed by atoms with E-state index in [0.29, 0.717) is 18.1 Å². The molecule has 1 aliphatic rings. The molecule has 0 radical (unpaired) electrons. The normalized spacial score (nSPS) is 17.2. The number of carbonyl (C=O) groups is 1. The Balaban J connectivity index is 1.80. The summed E-state index contributed by atoms with van der Waals surface area (Å²) in [6.07, 6.45) is 5.42. The summed E-state index contributed by atoms with van der Waals surface area (Å²) >= 11 is 2.01. The summed E-state index contributed by atoms with van der Waals surface area (Å²) in [4.78, 5) is 16.0. The number of aromatic nitrogens is 1. The Morgan fingerprint density at radius 3 is 2.88 bits per heavy atom. The van der Waals surface area contributed by atoms with Crippen molar-refractivity contribution in [3.63, 3.8) is 0 Å². The molecule has 1 saturated heterocycles. The Morgan fingerprint density at radius 2 is 2.19 bits per heavy atom. The number of carbonyl (C=O) groups excluding carboxylic acids is 1. The number of thioether (sulfide) groups is 1. The molecule has 1 aromatic rings. The average Bonchev–Trinajstić information content (AvgIpc) is 2.31. The zero-order chi connectivity index (χ0) is 11.2. The van der Waals surface area contributed by atoms with E-state index in [-0.39, 0.29) is 0 Å². The van der Waals surface area contributed by atoms with Crippen LogP contribution < -0.4 is 0 Å². The van der Waals surface area contributed by atoms with Gasteiger partial charge in [-0.15, -0.1) is 0 Å². The summed E-state index contributed by atoms with van der Waals surface area (Å²) in [5.41, 5.74) is 0.901. The van der Waals surface area contributed by atoms with Crippen molar-refractivity contribution in [1.82, 2.24) is 4.98 Å². The lowest BCUT2D eigenvalue weighted by molar-refractivity contribution is -0.119. The standard InChI is InChI=1S/C13H17NOS/c15-13(9-11-4-7-16-8-5-11)10-12-3-1-2-6-14-12/h1-3,6,11H,4-5,7-10H2. The third-order valence-corrected chi connectivity index (χ3v) is 4.01. The fourth-order valence-corrected chi connectivity index (χ4v) is 3.25. The van der Waals surface area contributed by atoms with Crippen molar-refractivity contribution in [2.75, 3.05) is 11.5 Å². The summed E-state index contributed by atoms with van der Waals surface area (Å²) in [7, 11) is 0. The van der Waals surface area contributed by atoms with Crippen LogP contribution in [-0.2, 0) is 11.2 Å². The highest BCUT2D eigenvalue weighted by Gasteiger charge is 2.17. The van der Waals surface area contributed by atoms with Crippen molar-refractivity contribution in [3.8, 4) is 0 Å². The van der Waals surface area contributed by atoms with Crippen LogP contribution in [0.1, 0.15) is 25.0 Å². The molecule has 2 heterocycles. The van der Waals surface area contributed by atoms with Crippen molar-refractivity contribution in [2.45, 2.75) is 25.7 Å². The van der Waals surface area contributed by atoms with E-state index in [9.17, 15) is 4.79 Å². The van der Waals surface area contributed by atoms with Crippen LogP contribution in [0.5, 0.6) is 0 Å². The Morgan fingerprint density at radius 1 is 1.38 bits per heavy atom. The van der Waals surface area contributed by atoms with Crippen LogP contribution in [0.25, 0.3) is 0 Å². The lowest BCUT2D eigenvalue weighted by Gasteiger charge is -2.20. The largest absolute Gasteiger partial charge is 0.299 e. The van der Waals surface area contributed by atoms with Crippen molar-refractivity contribution in [3.05, 3.63) is 30.1 Å². The number of ketones is 1. The van der Waals surface area contributed by atoms with Crippen molar-refractivity contribution in [1.29, 1.82) is 0 Å². The van der Waals surface area contributed by atoms with Crippen molar-refractivity contribution >= 4 is 17.5 Å². The van der Waals surface area contributed by atoms with Crippen LogP contribution in [0.2, 0.25) is 0 Å². The van der Waals surface area contributed by atoms with Gasteiger partial charge in [0, 0.05) is 24.7 Å². The van der Waals surface area contributed by atoms with Crippen molar-refractivity contribution < 1.29 is 4.79 Å². The predicted octanol–water partition coefficient (Wildman–Crippen LogP) is 2.73. The van der Waals surface area contributed by atoms with E-state index < -0.39 is 0 Å². The molecule has 0 N–H and O–H groups in total. The van der Waals surface area contributed by atoms with Crippen LogP contribution in [0, 0.1) is 5.92 Å². The molecule has 0 amide bonds.